The maximum absolute atomic E-state index is 9.08. The van der Waals surface area contributed by atoms with Crippen LogP contribution in [-0.4, -0.2) is 9.97 Å². The van der Waals surface area contributed by atoms with Crippen LogP contribution in [0.3, 0.4) is 0 Å². The van der Waals surface area contributed by atoms with Gasteiger partial charge in [-0.3, -0.25) is 0 Å². The Morgan fingerprint density at radius 1 is 1.56 bits per heavy atom. The van der Waals surface area contributed by atoms with Gasteiger partial charge in [-0.25, -0.2) is 4.98 Å². The van der Waals surface area contributed by atoms with Crippen LogP contribution in [0.1, 0.15) is 18.7 Å². The molecule has 0 bridgehead atoms. The maximum atomic E-state index is 9.08. The lowest BCUT2D eigenvalue weighted by molar-refractivity contribution is 0.822. The molecule has 1 aliphatic carbocycles. The maximum Gasteiger partial charge on any atom is 0.127 e. The van der Waals surface area contributed by atoms with Gasteiger partial charge >= 0.3 is 0 Å². The molecule has 1 N–H and O–H groups in total. The van der Waals surface area contributed by atoms with Crippen molar-refractivity contribution in [1.29, 1.82) is 5.26 Å². The Kier molecular flexibility index (Phi) is 2.16. The standard InChI is InChI=1S/C11H8BrN3S/c12-7-3-9(16-5-7)8-4-14-10(15-8)11(6-13)1-2-11/h3-5H,1-2H2,(H,14,15). The van der Waals surface area contributed by atoms with Crippen LogP contribution in [0.5, 0.6) is 0 Å². The largest absolute Gasteiger partial charge is 0.340 e. The highest BCUT2D eigenvalue weighted by Crippen LogP contribution is 2.46. The van der Waals surface area contributed by atoms with Gasteiger partial charge in [-0.05, 0) is 34.8 Å². The third-order valence-corrected chi connectivity index (χ3v) is 4.55. The van der Waals surface area contributed by atoms with Gasteiger partial charge < -0.3 is 4.98 Å². The monoisotopic (exact) mass is 293 g/mol. The van der Waals surface area contributed by atoms with Crippen molar-refractivity contribution >= 4 is 27.3 Å². The van der Waals surface area contributed by atoms with E-state index in [1.54, 1.807) is 11.3 Å². The molecular formula is C11H8BrN3S. The molecule has 0 atom stereocenters. The highest BCUT2D eigenvalue weighted by molar-refractivity contribution is 9.10. The van der Waals surface area contributed by atoms with Gasteiger partial charge in [0.2, 0.25) is 0 Å². The molecule has 1 saturated carbocycles. The van der Waals surface area contributed by atoms with E-state index in [4.69, 9.17) is 5.26 Å². The third-order valence-electron chi connectivity index (χ3n) is 2.83. The predicted molar refractivity (Wildman–Crippen MR) is 66.1 cm³/mol. The summed E-state index contributed by atoms with van der Waals surface area (Å²) in [5.74, 6) is 0.814. The summed E-state index contributed by atoms with van der Waals surface area (Å²) < 4.78 is 1.07. The molecule has 3 rings (SSSR count). The van der Waals surface area contributed by atoms with Crippen LogP contribution in [0, 0.1) is 11.3 Å². The van der Waals surface area contributed by atoms with E-state index in [-0.39, 0.29) is 5.41 Å². The summed E-state index contributed by atoms with van der Waals surface area (Å²) >= 11 is 5.08. The van der Waals surface area contributed by atoms with Gasteiger partial charge in [0.1, 0.15) is 11.2 Å². The topological polar surface area (TPSA) is 52.5 Å². The van der Waals surface area contributed by atoms with Crippen molar-refractivity contribution in [1.82, 2.24) is 9.97 Å². The number of hydrogen-bond donors (Lipinski definition) is 1. The lowest BCUT2D eigenvalue weighted by Crippen LogP contribution is -2.04. The quantitative estimate of drug-likeness (QED) is 0.922. The first kappa shape index (κ1) is 10.1. The summed E-state index contributed by atoms with van der Waals surface area (Å²) in [5.41, 5.74) is 0.666. The number of rotatable bonds is 2. The van der Waals surface area contributed by atoms with E-state index in [0.717, 1.165) is 33.7 Å². The van der Waals surface area contributed by atoms with Crippen molar-refractivity contribution in [2.45, 2.75) is 18.3 Å². The molecule has 16 heavy (non-hydrogen) atoms. The second kappa shape index (κ2) is 3.44. The average Bonchev–Trinajstić information content (AvgIpc) is 2.74. The molecule has 0 saturated heterocycles. The van der Waals surface area contributed by atoms with E-state index in [1.807, 2.05) is 17.6 Å². The second-order valence-electron chi connectivity index (χ2n) is 3.97. The number of halogens is 1. The van der Waals surface area contributed by atoms with Gasteiger partial charge in [-0.2, -0.15) is 5.26 Å². The fourth-order valence-corrected chi connectivity index (χ4v) is 3.06. The van der Waals surface area contributed by atoms with Crippen molar-refractivity contribution in [2.75, 3.05) is 0 Å². The number of nitrogens with zero attached hydrogens (tertiary/aromatic N) is 2. The number of aromatic amines is 1. The number of imidazole rings is 1. The molecule has 0 aliphatic heterocycles. The van der Waals surface area contributed by atoms with Gasteiger partial charge in [-0.1, -0.05) is 0 Å². The van der Waals surface area contributed by atoms with E-state index >= 15 is 0 Å². The fourth-order valence-electron chi connectivity index (χ4n) is 1.67. The minimum absolute atomic E-state index is 0.327. The van der Waals surface area contributed by atoms with Crippen molar-refractivity contribution in [3.8, 4) is 16.6 Å². The van der Waals surface area contributed by atoms with Crippen molar-refractivity contribution in [3.05, 3.63) is 27.9 Å². The first-order chi connectivity index (χ1) is 7.73. The number of nitrogens with one attached hydrogen (secondary N) is 1. The number of aromatic nitrogens is 2. The Bertz CT molecular complexity index is 574. The van der Waals surface area contributed by atoms with Gasteiger partial charge in [0.25, 0.3) is 0 Å². The van der Waals surface area contributed by atoms with Crippen LogP contribution in [0.2, 0.25) is 0 Å². The molecule has 1 fully saturated rings. The highest BCUT2D eigenvalue weighted by Gasteiger charge is 2.47. The molecule has 0 spiro atoms. The van der Waals surface area contributed by atoms with Gasteiger partial charge in [0.15, 0.2) is 0 Å². The van der Waals surface area contributed by atoms with E-state index in [0.29, 0.717) is 0 Å². The Labute approximate surface area is 105 Å². The van der Waals surface area contributed by atoms with Crippen molar-refractivity contribution in [3.63, 3.8) is 0 Å². The zero-order chi connectivity index (χ0) is 11.2. The molecular weight excluding hydrogens is 286 g/mol. The van der Waals surface area contributed by atoms with Gasteiger partial charge in [0, 0.05) is 9.85 Å². The molecule has 0 unspecified atom stereocenters. The smallest absolute Gasteiger partial charge is 0.127 e. The van der Waals surface area contributed by atoms with E-state index in [2.05, 4.69) is 32.0 Å². The number of H-pyrrole nitrogens is 1. The third kappa shape index (κ3) is 1.49. The SMILES string of the molecule is N#CC1(c2ncc(-c3cc(Br)cs3)[nH]2)CC1. The van der Waals surface area contributed by atoms with Gasteiger partial charge in [0.05, 0.1) is 22.8 Å². The lowest BCUT2D eigenvalue weighted by Gasteiger charge is -1.98. The fraction of sp³-hybridized carbons (Fsp3) is 0.273. The summed E-state index contributed by atoms with van der Waals surface area (Å²) in [6.45, 7) is 0. The summed E-state index contributed by atoms with van der Waals surface area (Å²) in [6.07, 6.45) is 3.65. The molecule has 1 aliphatic rings. The normalized spacial score (nSPS) is 17.0. The molecule has 5 heteroatoms. The van der Waals surface area contributed by atoms with Crippen LogP contribution in [0.25, 0.3) is 10.6 Å². The number of thiophene rings is 1. The molecule has 0 aromatic carbocycles. The first-order valence-electron chi connectivity index (χ1n) is 4.95. The molecule has 3 nitrogen and oxygen atoms in total. The summed E-state index contributed by atoms with van der Waals surface area (Å²) in [6, 6.07) is 4.39. The minimum atomic E-state index is -0.327. The Balaban J connectivity index is 1.97. The first-order valence-corrected chi connectivity index (χ1v) is 6.62. The molecule has 80 valence electrons. The molecule has 2 aromatic heterocycles. The van der Waals surface area contributed by atoms with E-state index in [9.17, 15) is 0 Å². The Morgan fingerprint density at radius 2 is 2.38 bits per heavy atom. The Morgan fingerprint density at radius 3 is 2.94 bits per heavy atom. The van der Waals surface area contributed by atoms with Crippen LogP contribution in [0.4, 0.5) is 0 Å². The summed E-state index contributed by atoms with van der Waals surface area (Å²) in [5, 5.41) is 11.1. The van der Waals surface area contributed by atoms with E-state index in [1.165, 1.54) is 0 Å². The molecule has 2 aromatic rings. The zero-order valence-electron chi connectivity index (χ0n) is 8.33. The molecule has 0 radical (unpaired) electrons. The predicted octanol–water partition coefficient (Wildman–Crippen LogP) is 3.46. The highest BCUT2D eigenvalue weighted by atomic mass is 79.9. The second-order valence-corrected chi connectivity index (χ2v) is 5.80. The minimum Gasteiger partial charge on any atom is -0.340 e. The molecule has 2 heterocycles. The van der Waals surface area contributed by atoms with Crippen LogP contribution >= 0.6 is 27.3 Å². The zero-order valence-corrected chi connectivity index (χ0v) is 10.7. The van der Waals surface area contributed by atoms with Crippen molar-refractivity contribution < 1.29 is 0 Å². The number of hydrogen-bond acceptors (Lipinski definition) is 3. The average molecular weight is 294 g/mol. The molecule has 0 amide bonds. The van der Waals surface area contributed by atoms with Crippen LogP contribution in [-0.2, 0) is 5.41 Å². The van der Waals surface area contributed by atoms with E-state index < -0.39 is 0 Å². The summed E-state index contributed by atoms with van der Waals surface area (Å²) in [7, 11) is 0. The summed E-state index contributed by atoms with van der Waals surface area (Å²) in [4.78, 5) is 8.71. The lowest BCUT2D eigenvalue weighted by atomic mass is 10.1. The van der Waals surface area contributed by atoms with Crippen LogP contribution < -0.4 is 0 Å². The van der Waals surface area contributed by atoms with Crippen LogP contribution in [0.15, 0.2) is 22.1 Å². The van der Waals surface area contributed by atoms with Crippen molar-refractivity contribution in [2.24, 2.45) is 0 Å². The number of nitriles is 1. The Hall–Kier alpha value is -1.12. The van der Waals surface area contributed by atoms with Gasteiger partial charge in [-0.15, -0.1) is 11.3 Å².